The summed E-state index contributed by atoms with van der Waals surface area (Å²) in [6, 6.07) is 17.1. The summed E-state index contributed by atoms with van der Waals surface area (Å²) < 4.78 is 6.01. The summed E-state index contributed by atoms with van der Waals surface area (Å²) >= 11 is 13.1. The molecule has 11 heteroatoms. The van der Waals surface area contributed by atoms with Crippen molar-refractivity contribution in [1.29, 1.82) is 0 Å². The molecule has 0 atom stereocenters. The summed E-state index contributed by atoms with van der Waals surface area (Å²) in [5, 5.41) is 17.8. The van der Waals surface area contributed by atoms with E-state index in [1.54, 1.807) is 23.5 Å². The van der Waals surface area contributed by atoms with Crippen LogP contribution in [0.5, 0.6) is 5.75 Å². The van der Waals surface area contributed by atoms with Crippen molar-refractivity contribution in [3.63, 3.8) is 0 Å². The summed E-state index contributed by atoms with van der Waals surface area (Å²) in [7, 11) is 1.31. The molecule has 4 rings (SSSR count). The first-order valence-electron chi connectivity index (χ1n) is 9.46. The Labute approximate surface area is 202 Å². The molecular weight excluding hydrogens is 484 g/mol. The van der Waals surface area contributed by atoms with Crippen molar-refractivity contribution < 1.29 is 14.5 Å². The Morgan fingerprint density at radius 1 is 1.18 bits per heavy atom. The number of nitro groups is 1. The highest BCUT2D eigenvalue weighted by Crippen LogP contribution is 2.34. The third-order valence-electron chi connectivity index (χ3n) is 4.62. The van der Waals surface area contributed by atoms with Gasteiger partial charge in [-0.25, -0.2) is 4.98 Å². The van der Waals surface area contributed by atoms with Crippen LogP contribution in [0, 0.1) is 10.1 Å². The van der Waals surface area contributed by atoms with E-state index in [0.717, 1.165) is 26.9 Å². The highest BCUT2D eigenvalue weighted by Gasteiger charge is 2.19. The van der Waals surface area contributed by atoms with E-state index in [9.17, 15) is 14.9 Å². The van der Waals surface area contributed by atoms with Crippen molar-refractivity contribution in [2.24, 2.45) is 0 Å². The molecule has 0 unspecified atom stereocenters. The van der Waals surface area contributed by atoms with Crippen LogP contribution in [-0.2, 0) is 0 Å². The fourth-order valence-electron chi connectivity index (χ4n) is 3.05. The van der Waals surface area contributed by atoms with Gasteiger partial charge in [0.2, 0.25) is 0 Å². The van der Waals surface area contributed by atoms with Gasteiger partial charge in [0.1, 0.15) is 5.01 Å². The van der Waals surface area contributed by atoms with Gasteiger partial charge in [0, 0.05) is 17.2 Å². The first-order chi connectivity index (χ1) is 15.9. The number of fused-ring (bicyclic) bond motifs is 1. The summed E-state index contributed by atoms with van der Waals surface area (Å²) in [5.74, 6) is -0.563. The van der Waals surface area contributed by atoms with E-state index in [4.69, 9.17) is 28.6 Å². The molecule has 0 spiro atoms. The standard InChI is InChI=1S/C22H15ClN4O4S2/c1-31-18-9-7-12(11-17(18)27(29)30)20(28)26-22(32)25-16-10-13(6-8-14(16)23)21-24-15-4-2-3-5-19(15)33-21/h2-11H,1H3,(H2,25,26,28,32). The third kappa shape index (κ3) is 4.92. The van der Waals surface area contributed by atoms with Gasteiger partial charge in [0.15, 0.2) is 10.9 Å². The minimum absolute atomic E-state index is 0.0122. The number of para-hydroxylation sites is 1. The number of methoxy groups -OCH3 is 1. The van der Waals surface area contributed by atoms with Gasteiger partial charge >= 0.3 is 5.69 Å². The smallest absolute Gasteiger partial charge is 0.311 e. The fourth-order valence-corrected chi connectivity index (χ4v) is 4.38. The van der Waals surface area contributed by atoms with E-state index in [2.05, 4.69) is 15.6 Å². The molecule has 0 aliphatic carbocycles. The number of nitro benzene ring substituents is 1. The van der Waals surface area contributed by atoms with E-state index in [0.29, 0.717) is 10.7 Å². The number of amides is 1. The molecule has 4 aromatic rings. The molecular formula is C22H15ClN4O4S2. The average molecular weight is 499 g/mol. The Kier molecular flexibility index (Phi) is 6.50. The molecule has 1 aromatic heterocycles. The van der Waals surface area contributed by atoms with Gasteiger partial charge in [-0.3, -0.25) is 20.2 Å². The molecule has 0 saturated carbocycles. The number of thiazole rings is 1. The van der Waals surface area contributed by atoms with Crippen molar-refractivity contribution in [2.45, 2.75) is 0 Å². The molecule has 33 heavy (non-hydrogen) atoms. The molecule has 0 bridgehead atoms. The predicted molar refractivity (Wildman–Crippen MR) is 133 cm³/mol. The molecule has 166 valence electrons. The van der Waals surface area contributed by atoms with Crippen LogP contribution in [-0.4, -0.2) is 28.0 Å². The van der Waals surface area contributed by atoms with Gasteiger partial charge < -0.3 is 10.1 Å². The number of carbonyl (C=O) groups is 1. The second-order valence-corrected chi connectivity index (χ2v) is 8.58. The summed E-state index contributed by atoms with van der Waals surface area (Å²) in [4.78, 5) is 27.8. The maximum atomic E-state index is 12.5. The van der Waals surface area contributed by atoms with Gasteiger partial charge in [0.05, 0.1) is 33.0 Å². The van der Waals surface area contributed by atoms with Crippen LogP contribution in [0.25, 0.3) is 20.8 Å². The number of carbonyl (C=O) groups excluding carboxylic acids is 1. The first kappa shape index (κ1) is 22.6. The lowest BCUT2D eigenvalue weighted by atomic mass is 10.1. The Morgan fingerprint density at radius 3 is 2.70 bits per heavy atom. The topological polar surface area (TPSA) is 106 Å². The summed E-state index contributed by atoms with van der Waals surface area (Å²) in [6.45, 7) is 0. The van der Waals surface area contributed by atoms with Crippen LogP contribution in [0.15, 0.2) is 60.7 Å². The normalized spacial score (nSPS) is 10.6. The van der Waals surface area contributed by atoms with Gasteiger partial charge in [-0.05, 0) is 48.6 Å². The largest absolute Gasteiger partial charge is 0.490 e. The third-order valence-corrected chi connectivity index (χ3v) is 6.24. The van der Waals surface area contributed by atoms with Gasteiger partial charge in [-0.2, -0.15) is 0 Å². The Morgan fingerprint density at radius 2 is 1.97 bits per heavy atom. The number of rotatable bonds is 5. The van der Waals surface area contributed by atoms with Crippen molar-refractivity contribution in [2.75, 3.05) is 12.4 Å². The van der Waals surface area contributed by atoms with Crippen molar-refractivity contribution in [3.05, 3.63) is 81.4 Å². The number of ether oxygens (including phenoxy) is 1. The quantitative estimate of drug-likeness (QED) is 0.208. The molecule has 3 aromatic carbocycles. The van der Waals surface area contributed by atoms with Crippen molar-refractivity contribution in [1.82, 2.24) is 10.3 Å². The second-order valence-electron chi connectivity index (χ2n) is 6.73. The molecule has 0 radical (unpaired) electrons. The number of nitrogens with zero attached hydrogens (tertiary/aromatic N) is 2. The number of thiocarbonyl (C=S) groups is 1. The highest BCUT2D eigenvalue weighted by atomic mass is 35.5. The lowest BCUT2D eigenvalue weighted by molar-refractivity contribution is -0.385. The minimum atomic E-state index is -0.626. The van der Waals surface area contributed by atoms with E-state index in [1.807, 2.05) is 30.3 Å². The van der Waals surface area contributed by atoms with Crippen LogP contribution >= 0.6 is 35.2 Å². The average Bonchev–Trinajstić information content (AvgIpc) is 3.24. The second kappa shape index (κ2) is 9.49. The number of aromatic nitrogens is 1. The van der Waals surface area contributed by atoms with E-state index in [1.165, 1.54) is 19.2 Å². The van der Waals surface area contributed by atoms with E-state index >= 15 is 0 Å². The van der Waals surface area contributed by atoms with Crippen LogP contribution < -0.4 is 15.4 Å². The van der Waals surface area contributed by atoms with Gasteiger partial charge in [0.25, 0.3) is 5.91 Å². The molecule has 1 heterocycles. The molecule has 0 aliphatic heterocycles. The van der Waals surface area contributed by atoms with Gasteiger partial charge in [-0.15, -0.1) is 11.3 Å². The Hall–Kier alpha value is -3.60. The van der Waals surface area contributed by atoms with Crippen LogP contribution in [0.1, 0.15) is 10.4 Å². The lowest BCUT2D eigenvalue weighted by Crippen LogP contribution is -2.34. The molecule has 0 aliphatic rings. The number of hydrogen-bond acceptors (Lipinski definition) is 7. The molecule has 8 nitrogen and oxygen atoms in total. The zero-order valence-electron chi connectivity index (χ0n) is 17.0. The molecule has 1 amide bonds. The Balaban J connectivity index is 1.51. The number of anilines is 1. The number of benzene rings is 3. The number of halogens is 1. The summed E-state index contributed by atoms with van der Waals surface area (Å²) in [5.41, 5.74) is 1.96. The molecule has 0 saturated heterocycles. The maximum Gasteiger partial charge on any atom is 0.311 e. The molecule has 0 fully saturated rings. The molecule has 2 N–H and O–H groups in total. The van der Waals surface area contributed by atoms with Crippen LogP contribution in [0.3, 0.4) is 0 Å². The zero-order valence-corrected chi connectivity index (χ0v) is 19.4. The van der Waals surface area contributed by atoms with Crippen molar-refractivity contribution in [3.8, 4) is 16.3 Å². The van der Waals surface area contributed by atoms with Crippen LogP contribution in [0.2, 0.25) is 5.02 Å². The Bertz CT molecular complexity index is 1370. The van der Waals surface area contributed by atoms with Crippen molar-refractivity contribution >= 4 is 67.8 Å². The lowest BCUT2D eigenvalue weighted by Gasteiger charge is -2.12. The maximum absolute atomic E-state index is 12.5. The van der Waals surface area contributed by atoms with Gasteiger partial charge in [-0.1, -0.05) is 29.8 Å². The minimum Gasteiger partial charge on any atom is -0.490 e. The van der Waals surface area contributed by atoms with Crippen LogP contribution in [0.4, 0.5) is 11.4 Å². The monoisotopic (exact) mass is 498 g/mol. The van der Waals surface area contributed by atoms with E-state index in [-0.39, 0.29) is 22.1 Å². The van der Waals surface area contributed by atoms with E-state index < -0.39 is 10.8 Å². The number of nitrogens with one attached hydrogen (secondary N) is 2. The SMILES string of the molecule is COc1ccc(C(=O)NC(=S)Nc2cc(-c3nc4ccccc4s3)ccc2Cl)cc1[N+](=O)[O-]. The zero-order chi connectivity index (χ0) is 23.5. The first-order valence-corrected chi connectivity index (χ1v) is 11.1. The highest BCUT2D eigenvalue weighted by molar-refractivity contribution is 7.80. The predicted octanol–water partition coefficient (Wildman–Crippen LogP) is 5.66. The number of hydrogen-bond donors (Lipinski definition) is 2. The summed E-state index contributed by atoms with van der Waals surface area (Å²) in [6.07, 6.45) is 0. The fraction of sp³-hybridized carbons (Fsp3) is 0.0455.